The summed E-state index contributed by atoms with van der Waals surface area (Å²) in [5, 5.41) is 6.08. The molecule has 0 saturated carbocycles. The molecule has 1 aliphatic heterocycles. The number of carbonyl (C=O) groups excluding carboxylic acids is 1. The van der Waals surface area contributed by atoms with Gasteiger partial charge in [0.15, 0.2) is 0 Å². The maximum absolute atomic E-state index is 12.1. The lowest BCUT2D eigenvalue weighted by molar-refractivity contribution is 0.225. The lowest BCUT2D eigenvalue weighted by atomic mass is 10.1. The highest BCUT2D eigenvalue weighted by Gasteiger charge is 2.26. The molecule has 0 unspecified atom stereocenters. The Labute approximate surface area is 156 Å². The predicted octanol–water partition coefficient (Wildman–Crippen LogP) is 3.68. The molecule has 6 nitrogen and oxygen atoms in total. The van der Waals surface area contributed by atoms with E-state index in [0.717, 1.165) is 37.4 Å². The standard InChI is InChI=1S/C20H31N5O/c1-14(2)25-17-9-7-6-8-16(17)22-19(25)24-12-10-15(11-13-24)21-18(26)23-20(3,4)5/h6-9,14-15H,10-13H2,1-5H3,(H2,21,23,26). The Bertz CT molecular complexity index is 766. The number of aromatic nitrogens is 2. The van der Waals surface area contributed by atoms with Crippen molar-refractivity contribution in [2.45, 2.75) is 65.1 Å². The molecule has 2 N–H and O–H groups in total. The highest BCUT2D eigenvalue weighted by Crippen LogP contribution is 2.28. The Balaban J connectivity index is 1.68. The van der Waals surface area contributed by atoms with Crippen molar-refractivity contribution in [3.05, 3.63) is 24.3 Å². The first-order valence-electron chi connectivity index (χ1n) is 9.55. The maximum atomic E-state index is 12.1. The number of rotatable bonds is 3. The zero-order valence-corrected chi connectivity index (χ0v) is 16.5. The molecule has 2 amide bonds. The van der Waals surface area contributed by atoms with Gasteiger partial charge in [0, 0.05) is 30.7 Å². The van der Waals surface area contributed by atoms with Gasteiger partial charge in [-0.15, -0.1) is 0 Å². The minimum atomic E-state index is -0.215. The summed E-state index contributed by atoms with van der Waals surface area (Å²) in [7, 11) is 0. The summed E-state index contributed by atoms with van der Waals surface area (Å²) in [6, 6.07) is 8.80. The van der Waals surface area contributed by atoms with Crippen LogP contribution in [-0.2, 0) is 0 Å². The lowest BCUT2D eigenvalue weighted by Gasteiger charge is -2.34. The Morgan fingerprint density at radius 3 is 2.46 bits per heavy atom. The van der Waals surface area contributed by atoms with E-state index >= 15 is 0 Å². The molecule has 2 aromatic rings. The van der Waals surface area contributed by atoms with Gasteiger partial charge in [-0.05, 0) is 59.6 Å². The molecule has 1 saturated heterocycles. The van der Waals surface area contributed by atoms with E-state index in [2.05, 4.69) is 52.1 Å². The highest BCUT2D eigenvalue weighted by molar-refractivity contribution is 5.79. The summed E-state index contributed by atoms with van der Waals surface area (Å²) < 4.78 is 2.31. The third-order valence-corrected chi connectivity index (χ3v) is 4.70. The third-order valence-electron chi connectivity index (χ3n) is 4.70. The zero-order valence-electron chi connectivity index (χ0n) is 16.5. The smallest absolute Gasteiger partial charge is 0.315 e. The normalized spacial score (nSPS) is 16.3. The molecule has 1 aromatic carbocycles. The molecule has 1 aliphatic rings. The van der Waals surface area contributed by atoms with E-state index in [1.807, 2.05) is 26.8 Å². The molecular formula is C20H31N5O. The van der Waals surface area contributed by atoms with Gasteiger partial charge in [-0.3, -0.25) is 0 Å². The van der Waals surface area contributed by atoms with Crippen molar-refractivity contribution in [3.63, 3.8) is 0 Å². The lowest BCUT2D eigenvalue weighted by Crippen LogP contribution is -2.52. The van der Waals surface area contributed by atoms with Crippen molar-refractivity contribution in [2.24, 2.45) is 0 Å². The monoisotopic (exact) mass is 357 g/mol. The molecule has 0 spiro atoms. The Morgan fingerprint density at radius 1 is 1.19 bits per heavy atom. The number of anilines is 1. The number of para-hydroxylation sites is 2. The molecule has 1 fully saturated rings. The van der Waals surface area contributed by atoms with E-state index in [9.17, 15) is 4.79 Å². The summed E-state index contributed by atoms with van der Waals surface area (Å²) >= 11 is 0. The van der Waals surface area contributed by atoms with Crippen LogP contribution in [0.15, 0.2) is 24.3 Å². The number of fused-ring (bicyclic) bond motifs is 1. The molecule has 3 rings (SSSR count). The fraction of sp³-hybridized carbons (Fsp3) is 0.600. The Kier molecular flexibility index (Phi) is 5.12. The van der Waals surface area contributed by atoms with E-state index in [-0.39, 0.29) is 17.6 Å². The van der Waals surface area contributed by atoms with Crippen molar-refractivity contribution in [1.82, 2.24) is 20.2 Å². The SMILES string of the molecule is CC(C)n1c(N2CCC(NC(=O)NC(C)(C)C)CC2)nc2ccccc21. The van der Waals surface area contributed by atoms with E-state index < -0.39 is 0 Å². The Hall–Kier alpha value is -2.24. The summed E-state index contributed by atoms with van der Waals surface area (Å²) in [4.78, 5) is 19.3. The van der Waals surface area contributed by atoms with E-state index in [1.54, 1.807) is 0 Å². The average Bonchev–Trinajstić information content (AvgIpc) is 2.93. The van der Waals surface area contributed by atoms with Gasteiger partial charge in [-0.25, -0.2) is 9.78 Å². The van der Waals surface area contributed by atoms with Crippen LogP contribution in [0.2, 0.25) is 0 Å². The molecule has 0 aliphatic carbocycles. The van der Waals surface area contributed by atoms with Crippen LogP contribution in [0.25, 0.3) is 11.0 Å². The van der Waals surface area contributed by atoms with Gasteiger partial charge in [0.05, 0.1) is 11.0 Å². The number of hydrogen-bond acceptors (Lipinski definition) is 3. The van der Waals surface area contributed by atoms with Crippen LogP contribution in [0.1, 0.15) is 53.5 Å². The number of urea groups is 1. The van der Waals surface area contributed by atoms with E-state index in [1.165, 1.54) is 5.52 Å². The summed E-state index contributed by atoms with van der Waals surface area (Å²) in [6.45, 7) is 12.2. The second-order valence-corrected chi connectivity index (χ2v) is 8.47. The molecule has 0 bridgehead atoms. The van der Waals surface area contributed by atoms with Gasteiger partial charge in [-0.2, -0.15) is 0 Å². The van der Waals surface area contributed by atoms with E-state index in [4.69, 9.17) is 4.98 Å². The van der Waals surface area contributed by atoms with Crippen LogP contribution in [0, 0.1) is 0 Å². The number of hydrogen-bond donors (Lipinski definition) is 2. The topological polar surface area (TPSA) is 62.2 Å². The minimum Gasteiger partial charge on any atom is -0.342 e. The largest absolute Gasteiger partial charge is 0.342 e. The second kappa shape index (κ2) is 7.17. The molecule has 26 heavy (non-hydrogen) atoms. The average molecular weight is 358 g/mol. The van der Waals surface area contributed by atoms with Gasteiger partial charge in [0.1, 0.15) is 0 Å². The van der Waals surface area contributed by atoms with Gasteiger partial charge in [-0.1, -0.05) is 12.1 Å². The summed E-state index contributed by atoms with van der Waals surface area (Å²) in [5.74, 6) is 1.04. The molecule has 142 valence electrons. The number of nitrogens with zero attached hydrogens (tertiary/aromatic N) is 3. The molecule has 2 heterocycles. The predicted molar refractivity (Wildman–Crippen MR) is 107 cm³/mol. The molecular weight excluding hydrogens is 326 g/mol. The van der Waals surface area contributed by atoms with Gasteiger partial charge < -0.3 is 20.1 Å². The third kappa shape index (κ3) is 4.11. The van der Waals surface area contributed by atoms with Crippen LogP contribution in [0.5, 0.6) is 0 Å². The maximum Gasteiger partial charge on any atom is 0.315 e. The van der Waals surface area contributed by atoms with Crippen LogP contribution >= 0.6 is 0 Å². The first-order chi connectivity index (χ1) is 12.2. The van der Waals surface area contributed by atoms with Crippen molar-refractivity contribution in [1.29, 1.82) is 0 Å². The van der Waals surface area contributed by atoms with E-state index in [0.29, 0.717) is 6.04 Å². The van der Waals surface area contributed by atoms with Crippen molar-refractivity contribution in [2.75, 3.05) is 18.0 Å². The van der Waals surface area contributed by atoms with Gasteiger partial charge in [0.2, 0.25) is 5.95 Å². The quantitative estimate of drug-likeness (QED) is 0.881. The fourth-order valence-electron chi connectivity index (χ4n) is 3.55. The van der Waals surface area contributed by atoms with Gasteiger partial charge >= 0.3 is 6.03 Å². The van der Waals surface area contributed by atoms with Crippen LogP contribution in [0.4, 0.5) is 10.7 Å². The number of imidazole rings is 1. The minimum absolute atomic E-state index is 0.0784. The number of benzene rings is 1. The molecule has 0 atom stereocenters. The Morgan fingerprint density at radius 2 is 1.85 bits per heavy atom. The number of nitrogens with one attached hydrogen (secondary N) is 2. The number of amides is 2. The number of piperidine rings is 1. The highest BCUT2D eigenvalue weighted by atomic mass is 16.2. The first-order valence-corrected chi connectivity index (χ1v) is 9.55. The van der Waals surface area contributed by atoms with Crippen LogP contribution in [-0.4, -0.2) is 40.3 Å². The van der Waals surface area contributed by atoms with Crippen LogP contribution < -0.4 is 15.5 Å². The van der Waals surface area contributed by atoms with Crippen molar-refractivity contribution >= 4 is 23.0 Å². The molecule has 6 heteroatoms. The van der Waals surface area contributed by atoms with Gasteiger partial charge in [0.25, 0.3) is 0 Å². The molecule has 1 aromatic heterocycles. The summed E-state index contributed by atoms with van der Waals surface area (Å²) in [5.41, 5.74) is 2.01. The van der Waals surface area contributed by atoms with Crippen molar-refractivity contribution < 1.29 is 4.79 Å². The second-order valence-electron chi connectivity index (χ2n) is 8.47. The summed E-state index contributed by atoms with van der Waals surface area (Å²) in [6.07, 6.45) is 1.86. The zero-order chi connectivity index (χ0) is 18.9. The van der Waals surface area contributed by atoms with Crippen LogP contribution in [0.3, 0.4) is 0 Å². The fourth-order valence-corrected chi connectivity index (χ4v) is 3.55. The number of carbonyl (C=O) groups is 1. The first kappa shape index (κ1) is 18.5. The molecule has 0 radical (unpaired) electrons. The van der Waals surface area contributed by atoms with Crippen molar-refractivity contribution in [3.8, 4) is 0 Å².